The Bertz CT molecular complexity index is 684. The van der Waals surface area contributed by atoms with Crippen molar-refractivity contribution in [2.75, 3.05) is 40.5 Å². The first-order valence-corrected chi connectivity index (χ1v) is 8.22. The molecule has 0 saturated carbocycles. The molecule has 25 heavy (non-hydrogen) atoms. The number of likely N-dealkylation sites (tertiary alicyclic amines) is 1. The van der Waals surface area contributed by atoms with Crippen molar-refractivity contribution in [1.29, 1.82) is 0 Å². The second-order valence-electron chi connectivity index (χ2n) is 6.90. The third kappa shape index (κ3) is 2.93. The topological polar surface area (TPSA) is 85.3 Å². The van der Waals surface area contributed by atoms with E-state index in [1.165, 1.54) is 14.2 Å². The molecule has 2 atom stereocenters. The van der Waals surface area contributed by atoms with Crippen LogP contribution in [0.5, 0.6) is 11.5 Å². The van der Waals surface area contributed by atoms with E-state index < -0.39 is 17.3 Å². The van der Waals surface area contributed by atoms with Gasteiger partial charge in [0.25, 0.3) is 0 Å². The Morgan fingerprint density at radius 2 is 1.96 bits per heavy atom. The van der Waals surface area contributed by atoms with Gasteiger partial charge in [-0.05, 0) is 13.0 Å². The van der Waals surface area contributed by atoms with Crippen LogP contribution in [-0.4, -0.2) is 62.4 Å². The summed E-state index contributed by atoms with van der Waals surface area (Å²) in [6, 6.07) is 5.41. The minimum atomic E-state index is -0.916. The van der Waals surface area contributed by atoms with Crippen molar-refractivity contribution < 1.29 is 28.9 Å². The highest BCUT2D eigenvalue weighted by molar-refractivity contribution is 5.85. The molecule has 0 radical (unpaired) electrons. The van der Waals surface area contributed by atoms with E-state index in [2.05, 4.69) is 0 Å². The molecule has 1 aromatic carbocycles. The molecular formula is C18H23NO6. The molecule has 0 spiro atoms. The van der Waals surface area contributed by atoms with E-state index in [0.29, 0.717) is 31.3 Å². The number of amides is 1. The van der Waals surface area contributed by atoms with E-state index in [9.17, 15) is 14.7 Å². The fraction of sp³-hybridized carbons (Fsp3) is 0.556. The first kappa shape index (κ1) is 17.5. The lowest BCUT2D eigenvalue weighted by molar-refractivity contribution is -0.167. The molecule has 136 valence electrons. The summed E-state index contributed by atoms with van der Waals surface area (Å²) in [4.78, 5) is 26.2. The molecule has 7 heteroatoms. The average Bonchev–Trinajstić information content (AvgIpc) is 3.03. The van der Waals surface area contributed by atoms with Gasteiger partial charge in [0.05, 0.1) is 38.8 Å². The number of carbonyl (C=O) groups excluding carboxylic acids is 1. The van der Waals surface area contributed by atoms with E-state index in [1.54, 1.807) is 17.0 Å². The fourth-order valence-electron chi connectivity index (χ4n) is 3.65. The van der Waals surface area contributed by atoms with E-state index in [1.807, 2.05) is 13.0 Å². The maximum absolute atomic E-state index is 12.8. The second kappa shape index (κ2) is 6.55. The summed E-state index contributed by atoms with van der Waals surface area (Å²) in [7, 11) is 3.07. The summed E-state index contributed by atoms with van der Waals surface area (Å²) in [5.74, 6) is -0.929. The van der Waals surface area contributed by atoms with Crippen LogP contribution in [0.4, 0.5) is 0 Å². The SMILES string of the molecule is COc1cccc(C2CN(C(=O)C3(C)COC3)CC2C(=O)O)c1OC. The molecule has 1 N–H and O–H groups in total. The maximum atomic E-state index is 12.8. The standard InChI is InChI=1S/C18H23NO6/c1-18(9-25-10-18)17(22)19-7-12(13(8-19)16(20)21)11-5-4-6-14(23-2)15(11)24-3/h4-6,12-13H,7-10H2,1-3H3,(H,20,21). The van der Waals surface area contributed by atoms with E-state index in [-0.39, 0.29) is 18.4 Å². The molecule has 2 unspecified atom stereocenters. The lowest BCUT2D eigenvalue weighted by Crippen LogP contribution is -2.53. The normalized spacial score (nSPS) is 24.5. The van der Waals surface area contributed by atoms with Gasteiger partial charge in [0.15, 0.2) is 11.5 Å². The number of carboxylic acids is 1. The zero-order valence-electron chi connectivity index (χ0n) is 14.7. The van der Waals surface area contributed by atoms with Crippen LogP contribution in [0.25, 0.3) is 0 Å². The number of rotatable bonds is 5. The van der Waals surface area contributed by atoms with Gasteiger partial charge >= 0.3 is 5.97 Å². The summed E-state index contributed by atoms with van der Waals surface area (Å²) in [6.07, 6.45) is 0. The summed E-state index contributed by atoms with van der Waals surface area (Å²) >= 11 is 0. The first-order valence-electron chi connectivity index (χ1n) is 8.22. The van der Waals surface area contributed by atoms with Gasteiger partial charge < -0.3 is 24.2 Å². The van der Waals surface area contributed by atoms with Crippen molar-refractivity contribution in [2.45, 2.75) is 12.8 Å². The van der Waals surface area contributed by atoms with Crippen molar-refractivity contribution in [3.63, 3.8) is 0 Å². The molecule has 0 aromatic heterocycles. The molecular weight excluding hydrogens is 326 g/mol. The fourth-order valence-corrected chi connectivity index (χ4v) is 3.65. The number of ether oxygens (including phenoxy) is 3. The third-order valence-electron chi connectivity index (χ3n) is 5.11. The molecule has 1 amide bonds. The summed E-state index contributed by atoms with van der Waals surface area (Å²) < 4.78 is 16.0. The van der Waals surface area contributed by atoms with Crippen LogP contribution in [0.2, 0.25) is 0 Å². The Kier molecular flexibility index (Phi) is 4.60. The molecule has 2 heterocycles. The number of methoxy groups -OCH3 is 2. The molecule has 0 bridgehead atoms. The predicted molar refractivity (Wildman–Crippen MR) is 88.9 cm³/mol. The van der Waals surface area contributed by atoms with Crippen LogP contribution >= 0.6 is 0 Å². The molecule has 2 saturated heterocycles. The van der Waals surface area contributed by atoms with Crippen LogP contribution in [0, 0.1) is 11.3 Å². The van der Waals surface area contributed by atoms with E-state index in [4.69, 9.17) is 14.2 Å². The number of hydrogen-bond acceptors (Lipinski definition) is 5. The number of benzene rings is 1. The first-order chi connectivity index (χ1) is 11.9. The highest BCUT2D eigenvalue weighted by Crippen LogP contribution is 2.43. The van der Waals surface area contributed by atoms with Gasteiger partial charge in [-0.1, -0.05) is 12.1 Å². The van der Waals surface area contributed by atoms with Gasteiger partial charge in [-0.25, -0.2) is 0 Å². The zero-order chi connectivity index (χ0) is 18.2. The molecule has 2 aliphatic heterocycles. The highest BCUT2D eigenvalue weighted by atomic mass is 16.5. The minimum Gasteiger partial charge on any atom is -0.493 e. The van der Waals surface area contributed by atoms with Gasteiger partial charge in [0.2, 0.25) is 5.91 Å². The average molecular weight is 349 g/mol. The highest BCUT2D eigenvalue weighted by Gasteiger charge is 2.49. The van der Waals surface area contributed by atoms with Gasteiger partial charge in [-0.2, -0.15) is 0 Å². The number of nitrogens with zero attached hydrogens (tertiary/aromatic N) is 1. The van der Waals surface area contributed by atoms with Crippen LogP contribution in [0.3, 0.4) is 0 Å². The van der Waals surface area contributed by atoms with Gasteiger partial charge in [-0.3, -0.25) is 9.59 Å². The largest absolute Gasteiger partial charge is 0.493 e. The molecule has 0 aliphatic carbocycles. The van der Waals surface area contributed by atoms with Crippen LogP contribution in [-0.2, 0) is 14.3 Å². The van der Waals surface area contributed by atoms with Crippen molar-refractivity contribution in [3.05, 3.63) is 23.8 Å². The van der Waals surface area contributed by atoms with Crippen molar-refractivity contribution in [2.24, 2.45) is 11.3 Å². The summed E-state index contributed by atoms with van der Waals surface area (Å²) in [5.41, 5.74) is 0.204. The van der Waals surface area contributed by atoms with Crippen molar-refractivity contribution in [3.8, 4) is 11.5 Å². The maximum Gasteiger partial charge on any atom is 0.308 e. The number of aliphatic carboxylic acids is 1. The van der Waals surface area contributed by atoms with Crippen molar-refractivity contribution in [1.82, 2.24) is 4.90 Å². The molecule has 2 aliphatic rings. The van der Waals surface area contributed by atoms with E-state index >= 15 is 0 Å². The summed E-state index contributed by atoms with van der Waals surface area (Å²) in [5, 5.41) is 9.67. The molecule has 2 fully saturated rings. The van der Waals surface area contributed by atoms with Crippen LogP contribution in [0.1, 0.15) is 18.4 Å². The summed E-state index contributed by atoms with van der Waals surface area (Å²) in [6.45, 7) is 3.15. The monoisotopic (exact) mass is 349 g/mol. The Hall–Kier alpha value is -2.28. The molecule has 3 rings (SSSR count). The number of carboxylic acid groups (broad SMARTS) is 1. The predicted octanol–water partition coefficient (Wildman–Crippen LogP) is 1.37. The van der Waals surface area contributed by atoms with Crippen molar-refractivity contribution >= 4 is 11.9 Å². The van der Waals surface area contributed by atoms with Gasteiger partial charge in [0, 0.05) is 24.6 Å². The number of carbonyl (C=O) groups is 2. The minimum absolute atomic E-state index is 0.0469. The van der Waals surface area contributed by atoms with Crippen LogP contribution < -0.4 is 9.47 Å². The molecule has 1 aromatic rings. The Morgan fingerprint density at radius 1 is 1.24 bits per heavy atom. The van der Waals surface area contributed by atoms with Gasteiger partial charge in [0.1, 0.15) is 0 Å². The smallest absolute Gasteiger partial charge is 0.308 e. The number of para-hydroxylation sites is 1. The lowest BCUT2D eigenvalue weighted by atomic mass is 9.87. The Labute approximate surface area is 146 Å². The van der Waals surface area contributed by atoms with Gasteiger partial charge in [-0.15, -0.1) is 0 Å². The quantitative estimate of drug-likeness (QED) is 0.864. The van der Waals surface area contributed by atoms with Crippen LogP contribution in [0.15, 0.2) is 18.2 Å². The Balaban J connectivity index is 1.92. The lowest BCUT2D eigenvalue weighted by Gasteiger charge is -2.39. The van der Waals surface area contributed by atoms with E-state index in [0.717, 1.165) is 5.56 Å². The number of hydrogen-bond donors (Lipinski definition) is 1. The zero-order valence-corrected chi connectivity index (χ0v) is 14.7. The molecule has 7 nitrogen and oxygen atoms in total. The third-order valence-corrected chi connectivity index (χ3v) is 5.11. The Morgan fingerprint density at radius 3 is 2.48 bits per heavy atom. The second-order valence-corrected chi connectivity index (χ2v) is 6.90.